The second kappa shape index (κ2) is 8.52. The molecule has 7 nitrogen and oxygen atoms in total. The Morgan fingerprint density at radius 3 is 2.67 bits per heavy atom. The van der Waals surface area contributed by atoms with E-state index in [9.17, 15) is 14.0 Å². The zero-order valence-corrected chi connectivity index (χ0v) is 14.2. The van der Waals surface area contributed by atoms with Crippen LogP contribution in [0.3, 0.4) is 0 Å². The molecule has 0 unspecified atom stereocenters. The van der Waals surface area contributed by atoms with Gasteiger partial charge in [-0.3, -0.25) is 9.59 Å². The fourth-order valence-electron chi connectivity index (χ4n) is 2.25. The van der Waals surface area contributed by atoms with Gasteiger partial charge in [-0.1, -0.05) is 12.1 Å². The molecule has 0 radical (unpaired) electrons. The van der Waals surface area contributed by atoms with E-state index in [-0.39, 0.29) is 18.3 Å². The first kappa shape index (κ1) is 18.0. The molecule has 136 valence electrons. The van der Waals surface area contributed by atoms with Gasteiger partial charge in [-0.15, -0.1) is 0 Å². The molecule has 2 amide bonds. The van der Waals surface area contributed by atoms with Crippen LogP contribution in [0.25, 0.3) is 11.8 Å². The van der Waals surface area contributed by atoms with Gasteiger partial charge in [0.2, 0.25) is 11.8 Å². The van der Waals surface area contributed by atoms with Crippen molar-refractivity contribution in [2.24, 2.45) is 0 Å². The van der Waals surface area contributed by atoms with Gasteiger partial charge in [0.15, 0.2) is 0 Å². The first-order valence-electron chi connectivity index (χ1n) is 8.06. The Morgan fingerprint density at radius 1 is 1.15 bits per heavy atom. The van der Waals surface area contributed by atoms with Crippen molar-refractivity contribution in [3.8, 4) is 5.69 Å². The maximum absolute atomic E-state index is 13.1. The van der Waals surface area contributed by atoms with Gasteiger partial charge in [-0.05, 0) is 48.0 Å². The molecule has 8 heteroatoms. The van der Waals surface area contributed by atoms with Crippen molar-refractivity contribution in [3.05, 3.63) is 78.6 Å². The molecule has 1 aromatic heterocycles. The SMILES string of the molecule is O=C(C=Cc1cccc(F)c1)NCC(=O)Nc1ccc(-n2cncn2)cc1. The van der Waals surface area contributed by atoms with E-state index in [0.29, 0.717) is 11.3 Å². The van der Waals surface area contributed by atoms with Gasteiger partial charge in [0, 0.05) is 11.8 Å². The van der Waals surface area contributed by atoms with E-state index in [2.05, 4.69) is 20.7 Å². The Hall–Kier alpha value is -3.81. The molecule has 0 fully saturated rings. The van der Waals surface area contributed by atoms with E-state index in [1.807, 2.05) is 0 Å². The molecule has 27 heavy (non-hydrogen) atoms. The summed E-state index contributed by atoms with van der Waals surface area (Å²) in [6.07, 6.45) is 5.72. The molecule has 0 aliphatic rings. The Bertz CT molecular complexity index is 952. The number of anilines is 1. The lowest BCUT2D eigenvalue weighted by Crippen LogP contribution is -2.31. The minimum Gasteiger partial charge on any atom is -0.343 e. The number of aromatic nitrogens is 3. The predicted molar refractivity (Wildman–Crippen MR) is 98.4 cm³/mol. The molecule has 1 heterocycles. The maximum atomic E-state index is 13.1. The van der Waals surface area contributed by atoms with Gasteiger partial charge in [0.25, 0.3) is 0 Å². The van der Waals surface area contributed by atoms with E-state index in [1.54, 1.807) is 47.4 Å². The summed E-state index contributed by atoms with van der Waals surface area (Å²) in [5.41, 5.74) is 1.96. The van der Waals surface area contributed by atoms with Crippen LogP contribution in [0.15, 0.2) is 67.3 Å². The molecule has 0 atom stereocenters. The van der Waals surface area contributed by atoms with Crippen LogP contribution < -0.4 is 10.6 Å². The second-order valence-electron chi connectivity index (χ2n) is 5.54. The topological polar surface area (TPSA) is 88.9 Å². The van der Waals surface area contributed by atoms with Gasteiger partial charge in [-0.2, -0.15) is 5.10 Å². The van der Waals surface area contributed by atoms with Crippen LogP contribution in [0.2, 0.25) is 0 Å². The Balaban J connectivity index is 1.47. The number of halogens is 1. The highest BCUT2D eigenvalue weighted by atomic mass is 19.1. The third-order valence-corrected chi connectivity index (χ3v) is 3.53. The molecule has 2 N–H and O–H groups in total. The third kappa shape index (κ3) is 5.33. The van der Waals surface area contributed by atoms with Crippen LogP contribution in [-0.4, -0.2) is 33.1 Å². The normalized spacial score (nSPS) is 10.7. The van der Waals surface area contributed by atoms with Crippen LogP contribution in [0, 0.1) is 5.82 Å². The molecule has 0 saturated heterocycles. The fourth-order valence-corrected chi connectivity index (χ4v) is 2.25. The lowest BCUT2D eigenvalue weighted by atomic mass is 10.2. The first-order valence-corrected chi connectivity index (χ1v) is 8.06. The van der Waals surface area contributed by atoms with E-state index >= 15 is 0 Å². The summed E-state index contributed by atoms with van der Waals surface area (Å²) in [7, 11) is 0. The van der Waals surface area contributed by atoms with Crippen LogP contribution in [0.4, 0.5) is 10.1 Å². The number of hydrogen-bond acceptors (Lipinski definition) is 4. The highest BCUT2D eigenvalue weighted by Gasteiger charge is 2.05. The van der Waals surface area contributed by atoms with E-state index in [4.69, 9.17) is 0 Å². The third-order valence-electron chi connectivity index (χ3n) is 3.53. The Labute approximate surface area is 154 Å². The molecule has 0 saturated carbocycles. The zero-order valence-electron chi connectivity index (χ0n) is 14.2. The molecule has 3 aromatic rings. The summed E-state index contributed by atoms with van der Waals surface area (Å²) in [5.74, 6) is -1.20. The lowest BCUT2D eigenvalue weighted by Gasteiger charge is -2.07. The number of carbonyl (C=O) groups is 2. The summed E-state index contributed by atoms with van der Waals surface area (Å²) in [6.45, 7) is -0.183. The number of hydrogen-bond donors (Lipinski definition) is 2. The number of rotatable bonds is 6. The smallest absolute Gasteiger partial charge is 0.244 e. The van der Waals surface area contributed by atoms with Crippen molar-refractivity contribution in [2.45, 2.75) is 0 Å². The van der Waals surface area contributed by atoms with Gasteiger partial charge in [-0.25, -0.2) is 14.1 Å². The molecule has 0 spiro atoms. The van der Waals surface area contributed by atoms with Crippen LogP contribution >= 0.6 is 0 Å². The summed E-state index contributed by atoms with van der Waals surface area (Å²) in [5, 5.41) is 9.16. The van der Waals surface area contributed by atoms with E-state index in [1.165, 1.54) is 30.6 Å². The lowest BCUT2D eigenvalue weighted by molar-refractivity contribution is -0.121. The number of nitrogens with zero attached hydrogens (tertiary/aromatic N) is 3. The van der Waals surface area contributed by atoms with Gasteiger partial charge >= 0.3 is 0 Å². The quantitative estimate of drug-likeness (QED) is 0.655. The van der Waals surface area contributed by atoms with Crippen molar-refractivity contribution >= 4 is 23.6 Å². The average Bonchev–Trinajstić information content (AvgIpc) is 3.20. The molecule has 0 aliphatic carbocycles. The molecular weight excluding hydrogens is 349 g/mol. The van der Waals surface area contributed by atoms with Gasteiger partial charge < -0.3 is 10.6 Å². The first-order chi connectivity index (χ1) is 13.1. The highest BCUT2D eigenvalue weighted by molar-refractivity contribution is 5.98. The highest BCUT2D eigenvalue weighted by Crippen LogP contribution is 2.12. The Morgan fingerprint density at radius 2 is 1.96 bits per heavy atom. The summed E-state index contributed by atoms with van der Waals surface area (Å²) >= 11 is 0. The maximum Gasteiger partial charge on any atom is 0.244 e. The summed E-state index contributed by atoms with van der Waals surface area (Å²) < 4.78 is 14.7. The van der Waals surface area contributed by atoms with Crippen molar-refractivity contribution in [1.29, 1.82) is 0 Å². The standard InChI is InChI=1S/C19H16FN5O2/c20-15-3-1-2-14(10-15)4-9-18(26)22-11-19(27)24-16-5-7-17(8-6-16)25-13-21-12-23-25/h1-10,12-13H,11H2,(H,22,26)(H,24,27). The average molecular weight is 365 g/mol. The minimum atomic E-state index is -0.448. The molecule has 2 aromatic carbocycles. The molecule has 3 rings (SSSR count). The van der Waals surface area contributed by atoms with Crippen molar-refractivity contribution in [3.63, 3.8) is 0 Å². The second-order valence-corrected chi connectivity index (χ2v) is 5.54. The number of benzene rings is 2. The van der Waals surface area contributed by atoms with Crippen molar-refractivity contribution in [2.75, 3.05) is 11.9 Å². The monoisotopic (exact) mass is 365 g/mol. The van der Waals surface area contributed by atoms with Gasteiger partial charge in [0.1, 0.15) is 18.5 Å². The molecule has 0 aliphatic heterocycles. The summed E-state index contributed by atoms with van der Waals surface area (Å²) in [4.78, 5) is 27.5. The number of nitrogens with one attached hydrogen (secondary N) is 2. The van der Waals surface area contributed by atoms with Crippen molar-refractivity contribution < 1.29 is 14.0 Å². The zero-order chi connectivity index (χ0) is 19.1. The predicted octanol–water partition coefficient (Wildman–Crippen LogP) is 2.17. The van der Waals surface area contributed by atoms with Crippen LogP contribution in [0.5, 0.6) is 0 Å². The number of amides is 2. The number of carbonyl (C=O) groups excluding carboxylic acids is 2. The fraction of sp³-hybridized carbons (Fsp3) is 0.0526. The Kier molecular flexibility index (Phi) is 5.68. The minimum absolute atomic E-state index is 0.183. The van der Waals surface area contributed by atoms with E-state index in [0.717, 1.165) is 5.69 Å². The molecule has 0 bridgehead atoms. The summed E-state index contributed by atoms with van der Waals surface area (Å²) in [6, 6.07) is 12.9. The van der Waals surface area contributed by atoms with Gasteiger partial charge in [0.05, 0.1) is 12.2 Å². The van der Waals surface area contributed by atoms with Crippen LogP contribution in [-0.2, 0) is 9.59 Å². The largest absolute Gasteiger partial charge is 0.343 e. The molecular formula is C19H16FN5O2. The van der Waals surface area contributed by atoms with Crippen molar-refractivity contribution in [1.82, 2.24) is 20.1 Å². The van der Waals surface area contributed by atoms with E-state index < -0.39 is 5.91 Å². The van der Waals surface area contributed by atoms with Crippen LogP contribution in [0.1, 0.15) is 5.56 Å².